The maximum Gasteiger partial charge on any atom is 0.234 e. The number of imidazole rings is 1. The number of rotatable bonds is 3. The van der Waals surface area contributed by atoms with Gasteiger partial charge in [-0.05, 0) is 39.2 Å². The predicted molar refractivity (Wildman–Crippen MR) is 96.6 cm³/mol. The molecular formula is C18H21N5OS. The lowest BCUT2D eigenvalue weighted by molar-refractivity contribution is -0.134. The number of piperidine rings is 1. The molecule has 0 saturated carbocycles. The Hall–Kier alpha value is -2.28. The lowest BCUT2D eigenvalue weighted by atomic mass is 9.98. The quantitative estimate of drug-likeness (QED) is 0.724. The van der Waals surface area contributed by atoms with Gasteiger partial charge in [0.2, 0.25) is 11.7 Å². The second-order valence-electron chi connectivity index (χ2n) is 6.55. The van der Waals surface area contributed by atoms with Gasteiger partial charge in [0.1, 0.15) is 0 Å². The summed E-state index contributed by atoms with van der Waals surface area (Å²) in [5.74, 6) is 0.834. The van der Waals surface area contributed by atoms with E-state index in [4.69, 9.17) is 4.98 Å². The van der Waals surface area contributed by atoms with Crippen LogP contribution in [0, 0.1) is 13.8 Å². The van der Waals surface area contributed by atoms with Crippen LogP contribution in [0.1, 0.15) is 47.4 Å². The molecule has 0 aromatic carbocycles. The number of hydrogen-bond donors (Lipinski definition) is 0. The Morgan fingerprint density at radius 2 is 2.20 bits per heavy atom. The van der Waals surface area contributed by atoms with Gasteiger partial charge < -0.3 is 4.90 Å². The largest absolute Gasteiger partial charge is 0.334 e. The van der Waals surface area contributed by atoms with E-state index in [1.807, 2.05) is 34.7 Å². The van der Waals surface area contributed by atoms with Crippen molar-refractivity contribution in [2.24, 2.45) is 0 Å². The molecule has 25 heavy (non-hydrogen) atoms. The first-order valence-corrected chi connectivity index (χ1v) is 9.51. The Labute approximate surface area is 150 Å². The first kappa shape index (κ1) is 16.2. The summed E-state index contributed by atoms with van der Waals surface area (Å²) in [5.41, 5.74) is 2.90. The second kappa shape index (κ2) is 6.55. The van der Waals surface area contributed by atoms with Crippen molar-refractivity contribution in [1.82, 2.24) is 24.3 Å². The second-order valence-corrected chi connectivity index (χ2v) is 7.62. The number of aryl methyl sites for hydroxylation is 2. The van der Waals surface area contributed by atoms with Crippen LogP contribution in [-0.2, 0) is 11.2 Å². The van der Waals surface area contributed by atoms with Crippen molar-refractivity contribution < 1.29 is 4.79 Å². The van der Waals surface area contributed by atoms with E-state index in [9.17, 15) is 4.79 Å². The lowest BCUT2D eigenvalue weighted by Crippen LogP contribution is -2.39. The number of carbonyl (C=O) groups is 1. The van der Waals surface area contributed by atoms with Crippen LogP contribution in [0.2, 0.25) is 0 Å². The molecule has 1 amide bonds. The highest BCUT2D eigenvalue weighted by atomic mass is 32.1. The van der Waals surface area contributed by atoms with Crippen molar-refractivity contribution in [2.75, 3.05) is 6.54 Å². The molecule has 1 aliphatic heterocycles. The van der Waals surface area contributed by atoms with Crippen LogP contribution in [-0.4, -0.2) is 36.7 Å². The van der Waals surface area contributed by atoms with Crippen LogP contribution in [0.5, 0.6) is 0 Å². The lowest BCUT2D eigenvalue weighted by Gasteiger charge is -2.35. The van der Waals surface area contributed by atoms with E-state index in [1.54, 1.807) is 17.5 Å². The zero-order valence-corrected chi connectivity index (χ0v) is 15.3. The minimum Gasteiger partial charge on any atom is -0.334 e. The Morgan fingerprint density at radius 1 is 1.32 bits per heavy atom. The number of thiazole rings is 1. The Balaban J connectivity index is 1.62. The first-order valence-electron chi connectivity index (χ1n) is 8.63. The van der Waals surface area contributed by atoms with E-state index in [2.05, 4.69) is 16.0 Å². The van der Waals surface area contributed by atoms with Crippen molar-refractivity contribution in [2.45, 2.75) is 45.6 Å². The van der Waals surface area contributed by atoms with Crippen LogP contribution in [0.4, 0.5) is 0 Å². The zero-order chi connectivity index (χ0) is 17.4. The van der Waals surface area contributed by atoms with Gasteiger partial charge in [0, 0.05) is 30.0 Å². The molecule has 4 rings (SSSR count). The van der Waals surface area contributed by atoms with Crippen LogP contribution in [0.3, 0.4) is 0 Å². The third-order valence-electron chi connectivity index (χ3n) is 4.75. The highest BCUT2D eigenvalue weighted by Gasteiger charge is 2.29. The highest BCUT2D eigenvalue weighted by Crippen LogP contribution is 2.31. The molecular weight excluding hydrogens is 334 g/mol. The van der Waals surface area contributed by atoms with E-state index >= 15 is 0 Å². The molecule has 3 aromatic rings. The number of amides is 1. The van der Waals surface area contributed by atoms with Crippen molar-refractivity contribution in [3.8, 4) is 0 Å². The van der Waals surface area contributed by atoms with Crippen LogP contribution in [0.25, 0.3) is 5.78 Å². The molecule has 4 heterocycles. The number of likely N-dealkylation sites (tertiary alicyclic amines) is 1. The standard InChI is InChI=1S/C18H21N5OS/c1-12-9-15(21-18-19-6-8-22(12)18)16-5-3-4-7-23(16)17(24)10-14-11-25-13(2)20-14/h6,8-9,11,16H,3-5,7,10H2,1-2H3/t16-/m1/s1. The average molecular weight is 355 g/mol. The number of nitrogens with zero attached hydrogens (tertiary/aromatic N) is 5. The van der Waals surface area contributed by atoms with Gasteiger partial charge in [0.25, 0.3) is 0 Å². The third-order valence-corrected chi connectivity index (χ3v) is 5.57. The SMILES string of the molecule is Cc1nc(CC(=O)N2CCCC[C@@H]2c2cc(C)n3ccnc3n2)cs1. The maximum absolute atomic E-state index is 12.9. The molecule has 7 heteroatoms. The summed E-state index contributed by atoms with van der Waals surface area (Å²) in [6, 6.07) is 2.11. The van der Waals surface area contributed by atoms with Gasteiger partial charge in [0.15, 0.2) is 0 Å². The zero-order valence-electron chi connectivity index (χ0n) is 14.5. The fourth-order valence-corrected chi connectivity index (χ4v) is 4.15. The topological polar surface area (TPSA) is 63.4 Å². The average Bonchev–Trinajstić information content (AvgIpc) is 3.24. The molecule has 1 fully saturated rings. The molecule has 1 saturated heterocycles. The Morgan fingerprint density at radius 3 is 3.00 bits per heavy atom. The summed E-state index contributed by atoms with van der Waals surface area (Å²) >= 11 is 1.59. The van der Waals surface area contributed by atoms with Crippen LogP contribution < -0.4 is 0 Å². The third kappa shape index (κ3) is 3.16. The summed E-state index contributed by atoms with van der Waals surface area (Å²) in [6.07, 6.45) is 7.15. The minimum atomic E-state index is 0.0291. The van der Waals surface area contributed by atoms with Gasteiger partial charge in [-0.3, -0.25) is 9.20 Å². The molecule has 0 spiro atoms. The number of fused-ring (bicyclic) bond motifs is 1. The van der Waals surface area contributed by atoms with Gasteiger partial charge in [-0.15, -0.1) is 11.3 Å². The van der Waals surface area contributed by atoms with Crippen molar-refractivity contribution >= 4 is 23.0 Å². The maximum atomic E-state index is 12.9. The van der Waals surface area contributed by atoms with Gasteiger partial charge in [-0.25, -0.2) is 15.0 Å². The van der Waals surface area contributed by atoms with Gasteiger partial charge in [-0.1, -0.05) is 0 Å². The molecule has 3 aromatic heterocycles. The Kier molecular flexibility index (Phi) is 4.25. The van der Waals surface area contributed by atoms with E-state index in [-0.39, 0.29) is 11.9 Å². The Bertz CT molecular complexity index is 915. The van der Waals surface area contributed by atoms with Crippen molar-refractivity contribution in [3.63, 3.8) is 0 Å². The van der Waals surface area contributed by atoms with Crippen molar-refractivity contribution in [3.05, 3.63) is 45.9 Å². The normalized spacial score (nSPS) is 18.0. The van der Waals surface area contributed by atoms with E-state index in [0.717, 1.165) is 47.9 Å². The number of carbonyl (C=O) groups excluding carboxylic acids is 1. The smallest absolute Gasteiger partial charge is 0.234 e. The van der Waals surface area contributed by atoms with Crippen LogP contribution >= 0.6 is 11.3 Å². The van der Waals surface area contributed by atoms with Crippen LogP contribution in [0.15, 0.2) is 23.8 Å². The van der Waals surface area contributed by atoms with Gasteiger partial charge in [-0.2, -0.15) is 0 Å². The summed E-state index contributed by atoms with van der Waals surface area (Å²) in [5, 5.41) is 2.98. The molecule has 0 bridgehead atoms. The van der Waals surface area contributed by atoms with E-state index in [1.165, 1.54) is 0 Å². The fraction of sp³-hybridized carbons (Fsp3) is 0.444. The minimum absolute atomic E-state index is 0.0291. The fourth-order valence-electron chi connectivity index (χ4n) is 3.54. The molecule has 0 N–H and O–H groups in total. The molecule has 0 radical (unpaired) electrons. The van der Waals surface area contributed by atoms with E-state index < -0.39 is 0 Å². The molecule has 1 atom stereocenters. The summed E-state index contributed by atoms with van der Waals surface area (Å²) < 4.78 is 1.97. The monoisotopic (exact) mass is 355 g/mol. The molecule has 6 nitrogen and oxygen atoms in total. The summed E-state index contributed by atoms with van der Waals surface area (Å²) in [6.45, 7) is 4.80. The van der Waals surface area contributed by atoms with Gasteiger partial charge >= 0.3 is 0 Å². The number of hydrogen-bond acceptors (Lipinski definition) is 5. The van der Waals surface area contributed by atoms with Gasteiger partial charge in [0.05, 0.1) is 28.9 Å². The number of aromatic nitrogens is 4. The summed E-state index contributed by atoms with van der Waals surface area (Å²) in [4.78, 5) is 28.3. The predicted octanol–water partition coefficient (Wildman–Crippen LogP) is 3.10. The van der Waals surface area contributed by atoms with Crippen molar-refractivity contribution in [1.29, 1.82) is 0 Å². The molecule has 0 aliphatic carbocycles. The molecule has 1 aliphatic rings. The molecule has 130 valence electrons. The highest BCUT2D eigenvalue weighted by molar-refractivity contribution is 7.09. The van der Waals surface area contributed by atoms with E-state index in [0.29, 0.717) is 12.2 Å². The molecule has 0 unspecified atom stereocenters. The summed E-state index contributed by atoms with van der Waals surface area (Å²) in [7, 11) is 0. The first-order chi connectivity index (χ1) is 12.1.